The predicted octanol–water partition coefficient (Wildman–Crippen LogP) is 4.77. The normalized spacial score (nSPS) is 19.5. The van der Waals surface area contributed by atoms with Crippen molar-refractivity contribution in [3.63, 3.8) is 0 Å². The molecular formula is C23H29NO4. The van der Waals surface area contributed by atoms with Crippen LogP contribution in [0.1, 0.15) is 59.9 Å². The number of carbonyl (C=O) groups is 1. The molecule has 28 heavy (non-hydrogen) atoms. The minimum Gasteiger partial charge on any atom is -0.511 e. The van der Waals surface area contributed by atoms with Gasteiger partial charge in [-0.05, 0) is 43.9 Å². The van der Waals surface area contributed by atoms with Crippen LogP contribution in [0.2, 0.25) is 0 Å². The predicted molar refractivity (Wildman–Crippen MR) is 110 cm³/mol. The van der Waals surface area contributed by atoms with E-state index in [9.17, 15) is 9.90 Å². The van der Waals surface area contributed by atoms with Gasteiger partial charge in [0.25, 0.3) is 0 Å². The number of oxime groups is 1. The quantitative estimate of drug-likeness (QED) is 0.332. The summed E-state index contributed by atoms with van der Waals surface area (Å²) in [5, 5.41) is 14.8. The largest absolute Gasteiger partial charge is 0.511 e. The van der Waals surface area contributed by atoms with Gasteiger partial charge in [0.2, 0.25) is 0 Å². The molecule has 0 saturated heterocycles. The van der Waals surface area contributed by atoms with E-state index in [0.29, 0.717) is 37.2 Å². The summed E-state index contributed by atoms with van der Waals surface area (Å²) in [7, 11) is 0. The summed E-state index contributed by atoms with van der Waals surface area (Å²) in [6.45, 7) is 12.8. The Hall–Kier alpha value is -2.56. The third-order valence-electron chi connectivity index (χ3n) is 5.94. The van der Waals surface area contributed by atoms with Crippen LogP contribution in [0.15, 0.2) is 29.1 Å². The summed E-state index contributed by atoms with van der Waals surface area (Å²) in [5.41, 5.74) is 6.79. The highest BCUT2D eigenvalue weighted by Gasteiger charge is 2.35. The molecule has 1 N–H and O–H groups in total. The maximum absolute atomic E-state index is 13.0. The van der Waals surface area contributed by atoms with Crippen LogP contribution in [-0.2, 0) is 16.1 Å². The van der Waals surface area contributed by atoms with Gasteiger partial charge in [0.1, 0.15) is 18.1 Å². The van der Waals surface area contributed by atoms with Gasteiger partial charge < -0.3 is 14.7 Å². The zero-order valence-corrected chi connectivity index (χ0v) is 17.2. The number of ketones is 1. The highest BCUT2D eigenvalue weighted by molar-refractivity contribution is 6.23. The molecule has 1 atom stereocenters. The molecule has 1 aliphatic carbocycles. The Morgan fingerprint density at radius 1 is 1.29 bits per heavy atom. The Labute approximate surface area is 166 Å². The van der Waals surface area contributed by atoms with Crippen LogP contribution in [0, 0.1) is 20.8 Å². The number of ether oxygens (including phenoxy) is 1. The van der Waals surface area contributed by atoms with E-state index in [4.69, 9.17) is 9.57 Å². The van der Waals surface area contributed by atoms with Crippen LogP contribution in [0.3, 0.4) is 0 Å². The van der Waals surface area contributed by atoms with Crippen LogP contribution in [-0.4, -0.2) is 29.8 Å². The van der Waals surface area contributed by atoms with Gasteiger partial charge in [-0.1, -0.05) is 24.7 Å². The topological polar surface area (TPSA) is 68.1 Å². The minimum absolute atomic E-state index is 0.0883. The first kappa shape index (κ1) is 20.2. The Kier molecular flexibility index (Phi) is 5.92. The fourth-order valence-corrected chi connectivity index (χ4v) is 4.31. The Balaban J connectivity index is 2.00. The number of aliphatic hydroxyl groups is 1. The molecule has 150 valence electrons. The third kappa shape index (κ3) is 3.46. The van der Waals surface area contributed by atoms with Gasteiger partial charge in [-0.25, -0.2) is 0 Å². The van der Waals surface area contributed by atoms with Gasteiger partial charge in [-0.15, -0.1) is 0 Å². The van der Waals surface area contributed by atoms with E-state index in [1.165, 1.54) is 16.7 Å². The molecule has 1 unspecified atom stereocenters. The maximum atomic E-state index is 13.0. The van der Waals surface area contributed by atoms with Crippen molar-refractivity contribution in [3.05, 3.63) is 51.8 Å². The lowest BCUT2D eigenvalue weighted by atomic mass is 9.77. The molecule has 1 heterocycles. The molecule has 5 nitrogen and oxygen atoms in total. The summed E-state index contributed by atoms with van der Waals surface area (Å²) in [6, 6.07) is 0. The summed E-state index contributed by atoms with van der Waals surface area (Å²) < 4.78 is 5.97. The molecule has 1 aliphatic heterocycles. The van der Waals surface area contributed by atoms with E-state index in [2.05, 4.69) is 32.5 Å². The molecule has 0 spiro atoms. The van der Waals surface area contributed by atoms with Crippen molar-refractivity contribution in [2.45, 2.75) is 59.3 Å². The number of fused-ring (bicyclic) bond motifs is 1. The van der Waals surface area contributed by atoms with Gasteiger partial charge in [0.05, 0.1) is 17.9 Å². The van der Waals surface area contributed by atoms with Crippen LogP contribution in [0.4, 0.5) is 0 Å². The number of aliphatic hydroxyl groups excluding tert-OH is 1. The average Bonchev–Trinajstić information content (AvgIpc) is 3.14. The van der Waals surface area contributed by atoms with E-state index in [-0.39, 0.29) is 24.1 Å². The van der Waals surface area contributed by atoms with Gasteiger partial charge in [0.15, 0.2) is 5.78 Å². The molecule has 0 radical (unpaired) electrons. The Morgan fingerprint density at radius 3 is 2.68 bits per heavy atom. The van der Waals surface area contributed by atoms with Crippen molar-refractivity contribution in [3.8, 4) is 5.75 Å². The minimum atomic E-state index is -0.0964. The number of nitrogens with zero attached hydrogens (tertiary/aromatic N) is 1. The van der Waals surface area contributed by atoms with Crippen LogP contribution in [0.25, 0.3) is 0 Å². The lowest BCUT2D eigenvalue weighted by molar-refractivity contribution is -0.116. The summed E-state index contributed by atoms with van der Waals surface area (Å²) >= 11 is 0. The molecule has 0 amide bonds. The number of rotatable bonds is 6. The second kappa shape index (κ2) is 8.21. The van der Waals surface area contributed by atoms with E-state index in [0.717, 1.165) is 23.3 Å². The molecule has 2 aliphatic rings. The van der Waals surface area contributed by atoms with Gasteiger partial charge >= 0.3 is 0 Å². The second-order valence-electron chi connectivity index (χ2n) is 7.52. The number of hydrogen-bond acceptors (Lipinski definition) is 5. The molecule has 0 aromatic heterocycles. The first-order valence-electron chi connectivity index (χ1n) is 9.91. The van der Waals surface area contributed by atoms with Crippen molar-refractivity contribution >= 4 is 11.5 Å². The SMILES string of the molecule is C=CCON=C(CC)C1=C(O)CC(c2c(C)c(C)c(C)c3c2OCC3)CC1=O. The van der Waals surface area contributed by atoms with Crippen molar-refractivity contribution in [1.29, 1.82) is 0 Å². The smallest absolute Gasteiger partial charge is 0.168 e. The lowest BCUT2D eigenvalue weighted by Gasteiger charge is -2.28. The van der Waals surface area contributed by atoms with Gasteiger partial charge in [0, 0.05) is 36.3 Å². The third-order valence-corrected chi connectivity index (χ3v) is 5.94. The Bertz CT molecular complexity index is 879. The van der Waals surface area contributed by atoms with Crippen molar-refractivity contribution in [1.82, 2.24) is 0 Å². The number of benzene rings is 1. The monoisotopic (exact) mass is 383 g/mol. The zero-order valence-electron chi connectivity index (χ0n) is 17.2. The van der Waals surface area contributed by atoms with Crippen LogP contribution < -0.4 is 4.74 Å². The maximum Gasteiger partial charge on any atom is 0.168 e. The van der Waals surface area contributed by atoms with Crippen molar-refractivity contribution < 1.29 is 19.5 Å². The molecule has 3 rings (SSSR count). The molecule has 0 saturated carbocycles. The standard InChI is InChI=1S/C23H29NO4/c1-6-9-28-24-18(7-2)22-19(25)11-16(12-20(22)26)21-15(5)13(3)14(4)17-8-10-27-23(17)21/h6,16,25H,1,7-12H2,2-5H3. The van der Waals surface area contributed by atoms with Crippen molar-refractivity contribution in [2.24, 2.45) is 5.16 Å². The summed E-state index contributed by atoms with van der Waals surface area (Å²) in [6.07, 6.45) is 3.73. The molecule has 1 aromatic rings. The highest BCUT2D eigenvalue weighted by atomic mass is 16.6. The molecule has 1 aromatic carbocycles. The first-order chi connectivity index (χ1) is 13.4. The zero-order chi connectivity index (χ0) is 20.4. The average molecular weight is 383 g/mol. The Morgan fingerprint density at radius 2 is 2.04 bits per heavy atom. The van der Waals surface area contributed by atoms with Crippen LogP contribution in [0.5, 0.6) is 5.75 Å². The van der Waals surface area contributed by atoms with Crippen molar-refractivity contribution in [2.75, 3.05) is 13.2 Å². The number of hydrogen-bond donors (Lipinski definition) is 1. The number of allylic oxidation sites excluding steroid dienone is 2. The van der Waals surface area contributed by atoms with E-state index >= 15 is 0 Å². The first-order valence-corrected chi connectivity index (χ1v) is 9.91. The fraction of sp³-hybridized carbons (Fsp3) is 0.478. The molecular weight excluding hydrogens is 354 g/mol. The molecule has 0 fully saturated rings. The summed E-state index contributed by atoms with van der Waals surface area (Å²) in [5.74, 6) is 0.831. The molecule has 0 bridgehead atoms. The van der Waals surface area contributed by atoms with E-state index in [1.54, 1.807) is 6.08 Å². The fourth-order valence-electron chi connectivity index (χ4n) is 4.31. The van der Waals surface area contributed by atoms with Gasteiger partial charge in [-0.2, -0.15) is 0 Å². The van der Waals surface area contributed by atoms with E-state index < -0.39 is 0 Å². The van der Waals surface area contributed by atoms with Crippen LogP contribution >= 0.6 is 0 Å². The lowest BCUT2D eigenvalue weighted by Crippen LogP contribution is -2.24. The number of carbonyl (C=O) groups excluding carboxylic acids is 1. The van der Waals surface area contributed by atoms with Gasteiger partial charge in [-0.3, -0.25) is 4.79 Å². The second-order valence-corrected chi connectivity index (χ2v) is 7.52. The highest BCUT2D eigenvalue weighted by Crippen LogP contribution is 2.45. The summed E-state index contributed by atoms with van der Waals surface area (Å²) in [4.78, 5) is 18.1. The number of Topliss-reactive ketones (excluding diaryl/α,β-unsaturated/α-hetero) is 1. The molecule has 5 heteroatoms. The van der Waals surface area contributed by atoms with E-state index in [1.807, 2.05) is 6.92 Å².